The first-order valence-electron chi connectivity index (χ1n) is 3.27. The highest BCUT2D eigenvalue weighted by molar-refractivity contribution is 14.1. The summed E-state index contributed by atoms with van der Waals surface area (Å²) in [4.78, 5) is 10.8. The monoisotopic (exact) mass is 272 g/mol. The maximum absolute atomic E-state index is 10.8. The molecule has 2 nitrogen and oxygen atoms in total. The maximum atomic E-state index is 10.8. The van der Waals surface area contributed by atoms with Crippen LogP contribution in [0.2, 0.25) is 0 Å². The van der Waals surface area contributed by atoms with Gasteiger partial charge in [0.1, 0.15) is 0 Å². The second-order valence-electron chi connectivity index (χ2n) is 2.27. The number of carbonyl (C=O) groups is 1. The van der Waals surface area contributed by atoms with Crippen molar-refractivity contribution >= 4 is 28.5 Å². The van der Waals surface area contributed by atoms with Gasteiger partial charge in [0.2, 0.25) is 5.91 Å². The summed E-state index contributed by atoms with van der Waals surface area (Å²) in [5, 5.41) is 0. The minimum atomic E-state index is -0.426. The lowest BCUT2D eigenvalue weighted by Crippen LogP contribution is -2.11. The number of primary amides is 1. The second-order valence-corrected chi connectivity index (χ2v) is 3.52. The van der Waals surface area contributed by atoms with Gasteiger partial charge < -0.3 is 5.73 Å². The normalized spacial score (nSPS) is 9.42. The number of carbonyl (C=O) groups excluding carboxylic acids is 1. The van der Waals surface area contributed by atoms with E-state index in [-0.39, 0.29) is 0 Å². The van der Waals surface area contributed by atoms with Crippen molar-refractivity contribution in [3.05, 3.63) is 45.6 Å². The lowest BCUT2D eigenvalue weighted by atomic mass is 10.1. The van der Waals surface area contributed by atoms with Gasteiger partial charge in [-0.25, -0.2) is 0 Å². The van der Waals surface area contributed by atoms with Crippen LogP contribution in [0.3, 0.4) is 0 Å². The molecule has 0 aliphatic heterocycles. The van der Waals surface area contributed by atoms with E-state index < -0.39 is 5.91 Å². The van der Waals surface area contributed by atoms with Crippen LogP contribution in [0.4, 0.5) is 0 Å². The lowest BCUT2D eigenvalue weighted by Gasteiger charge is -1.98. The minimum absolute atomic E-state index is 0.426. The van der Waals surface area contributed by atoms with Crippen molar-refractivity contribution in [1.29, 1.82) is 0 Å². The molecule has 1 aromatic carbocycles. The fourth-order valence-electron chi connectivity index (χ4n) is 0.834. The first kappa shape index (κ1) is 9.25. The Morgan fingerprint density at radius 1 is 1.50 bits per heavy atom. The summed E-state index contributed by atoms with van der Waals surface area (Å²) in [5.41, 5.74) is 6.40. The van der Waals surface area contributed by atoms with Crippen LogP contribution < -0.4 is 5.73 Å². The number of hydrogen-bond donors (Lipinski definition) is 1. The third-order valence-electron chi connectivity index (χ3n) is 1.39. The van der Waals surface area contributed by atoms with Gasteiger partial charge in [-0.1, -0.05) is 6.58 Å². The lowest BCUT2D eigenvalue weighted by molar-refractivity contribution is 0.1000. The molecule has 0 bridgehead atoms. The zero-order valence-corrected chi connectivity index (χ0v) is 8.46. The average Bonchev–Trinajstić information content (AvgIpc) is 2.03. The van der Waals surface area contributed by atoms with Gasteiger partial charge in [-0.3, -0.25) is 4.79 Å². The van der Waals surface area contributed by atoms with E-state index in [0.29, 0.717) is 5.56 Å². The molecule has 0 saturated heterocycles. The molecule has 0 atom stereocenters. The van der Waals surface area contributed by atoms with Crippen molar-refractivity contribution in [1.82, 2.24) is 0 Å². The largest absolute Gasteiger partial charge is 0.366 e. The van der Waals surface area contributed by atoms with Gasteiger partial charge in [0.25, 0.3) is 0 Å². The molecule has 12 heavy (non-hydrogen) atoms. The predicted molar refractivity (Wildman–Crippen MR) is 55.6 cm³/mol. The van der Waals surface area contributed by atoms with Crippen molar-refractivity contribution in [2.75, 3.05) is 0 Å². The third-order valence-corrected chi connectivity index (χ3v) is 2.01. The highest BCUT2D eigenvalue weighted by atomic mass is 127. The van der Waals surface area contributed by atoms with Crippen LogP contribution in [0.5, 0.6) is 0 Å². The summed E-state index contributed by atoms with van der Waals surface area (Å²) in [5.74, 6) is -0.426. The summed E-state index contributed by atoms with van der Waals surface area (Å²) >= 11 is 2.11. The van der Waals surface area contributed by atoms with Crippen LogP contribution in [0.15, 0.2) is 24.8 Å². The second kappa shape index (κ2) is 3.71. The van der Waals surface area contributed by atoms with Gasteiger partial charge >= 0.3 is 0 Å². The fourth-order valence-corrected chi connectivity index (χ4v) is 1.50. The van der Waals surface area contributed by atoms with Gasteiger partial charge in [0.15, 0.2) is 0 Å². The first-order chi connectivity index (χ1) is 5.63. The smallest absolute Gasteiger partial charge is 0.248 e. The molecular formula is C9H7INO. The Bertz CT molecular complexity index is 333. The van der Waals surface area contributed by atoms with Gasteiger partial charge in [-0.15, -0.1) is 0 Å². The van der Waals surface area contributed by atoms with E-state index >= 15 is 0 Å². The Morgan fingerprint density at radius 2 is 2.17 bits per heavy atom. The molecule has 0 aromatic heterocycles. The highest BCUT2D eigenvalue weighted by Gasteiger charge is 2.01. The molecule has 1 rings (SSSR count). The quantitative estimate of drug-likeness (QED) is 0.818. The van der Waals surface area contributed by atoms with Gasteiger partial charge in [0.05, 0.1) is 0 Å². The zero-order valence-electron chi connectivity index (χ0n) is 6.30. The molecule has 3 heteroatoms. The van der Waals surface area contributed by atoms with Crippen molar-refractivity contribution < 1.29 is 4.79 Å². The third kappa shape index (κ3) is 2.07. The summed E-state index contributed by atoms with van der Waals surface area (Å²) in [6, 6.07) is 5.27. The highest BCUT2D eigenvalue weighted by Crippen LogP contribution is 2.11. The molecule has 61 valence electrons. The molecule has 0 aliphatic carbocycles. The molecule has 0 saturated carbocycles. The number of nitrogens with two attached hydrogens (primary N) is 1. The molecule has 0 aliphatic rings. The van der Waals surface area contributed by atoms with Gasteiger partial charge in [-0.05, 0) is 52.4 Å². The van der Waals surface area contributed by atoms with Gasteiger partial charge in [0, 0.05) is 9.13 Å². The van der Waals surface area contributed by atoms with E-state index in [1.165, 1.54) is 0 Å². The van der Waals surface area contributed by atoms with Crippen molar-refractivity contribution in [3.63, 3.8) is 0 Å². The van der Waals surface area contributed by atoms with Crippen molar-refractivity contribution in [2.24, 2.45) is 5.73 Å². The van der Waals surface area contributed by atoms with Crippen LogP contribution in [0.1, 0.15) is 15.9 Å². The van der Waals surface area contributed by atoms with Crippen molar-refractivity contribution in [3.8, 4) is 0 Å². The van der Waals surface area contributed by atoms with Gasteiger partial charge in [-0.2, -0.15) is 0 Å². The van der Waals surface area contributed by atoms with Crippen molar-refractivity contribution in [2.45, 2.75) is 0 Å². The molecule has 1 radical (unpaired) electrons. The molecule has 1 aromatic rings. The fraction of sp³-hybridized carbons (Fsp3) is 0. The summed E-state index contributed by atoms with van der Waals surface area (Å²) < 4.78 is 0.954. The molecule has 0 spiro atoms. The Morgan fingerprint density at radius 3 is 2.67 bits per heavy atom. The standard InChI is InChI=1S/C9H7INO/c1-2-6-3-7(9(11)12)5-8(10)4-6/h3-5H,1H2,(H2,11,12). The van der Waals surface area contributed by atoms with E-state index in [9.17, 15) is 4.79 Å². The number of hydrogen-bond acceptors (Lipinski definition) is 1. The predicted octanol–water partition coefficient (Wildman–Crippen LogP) is 1.73. The Balaban J connectivity index is 3.23. The summed E-state index contributed by atoms with van der Waals surface area (Å²) in [6.07, 6.45) is 2.70. The zero-order chi connectivity index (χ0) is 9.14. The maximum Gasteiger partial charge on any atom is 0.248 e. The molecule has 0 fully saturated rings. The SMILES string of the molecule is C=[C]c1cc(I)cc(C(N)=O)c1. The van der Waals surface area contributed by atoms with E-state index in [1.807, 2.05) is 6.07 Å². The number of amides is 1. The van der Waals surface area contributed by atoms with E-state index in [1.54, 1.807) is 12.1 Å². The number of halogens is 1. The first-order valence-corrected chi connectivity index (χ1v) is 4.35. The molecule has 1 amide bonds. The molecule has 0 heterocycles. The topological polar surface area (TPSA) is 43.1 Å². The van der Waals surface area contributed by atoms with E-state index in [4.69, 9.17) is 5.73 Å². The number of rotatable bonds is 2. The van der Waals surface area contributed by atoms with Crippen LogP contribution in [0, 0.1) is 9.65 Å². The van der Waals surface area contributed by atoms with Crippen LogP contribution in [-0.4, -0.2) is 5.91 Å². The molecule has 0 unspecified atom stereocenters. The Kier molecular flexibility index (Phi) is 2.86. The van der Waals surface area contributed by atoms with E-state index in [0.717, 1.165) is 9.13 Å². The van der Waals surface area contributed by atoms with Crippen LogP contribution >= 0.6 is 22.6 Å². The average molecular weight is 272 g/mol. The number of benzene rings is 1. The van der Waals surface area contributed by atoms with Crippen LogP contribution in [-0.2, 0) is 0 Å². The summed E-state index contributed by atoms with van der Waals surface area (Å²) in [6.45, 7) is 3.49. The Labute approximate surface area is 84.6 Å². The molecular weight excluding hydrogens is 265 g/mol. The molecule has 2 N–H and O–H groups in total. The van der Waals surface area contributed by atoms with E-state index in [2.05, 4.69) is 35.2 Å². The Hall–Kier alpha value is -0.840. The van der Waals surface area contributed by atoms with Crippen LogP contribution in [0.25, 0.3) is 0 Å². The summed E-state index contributed by atoms with van der Waals surface area (Å²) in [7, 11) is 0. The minimum Gasteiger partial charge on any atom is -0.366 e.